The summed E-state index contributed by atoms with van der Waals surface area (Å²) in [5, 5.41) is 0. The van der Waals surface area contributed by atoms with E-state index in [9.17, 15) is 18.0 Å². The molecule has 0 spiro atoms. The van der Waals surface area contributed by atoms with Crippen molar-refractivity contribution in [1.29, 1.82) is 0 Å². The summed E-state index contributed by atoms with van der Waals surface area (Å²) in [6.07, 6.45) is -3.04. The minimum Gasteiger partial charge on any atom is -0.293 e. The lowest BCUT2D eigenvalue weighted by atomic mass is 9.95. The van der Waals surface area contributed by atoms with Crippen LogP contribution in [0, 0.1) is 5.92 Å². The minimum absolute atomic E-state index is 0.0953. The van der Waals surface area contributed by atoms with Gasteiger partial charge in [-0.3, -0.25) is 9.79 Å². The van der Waals surface area contributed by atoms with Gasteiger partial charge in [-0.25, -0.2) is 0 Å². The maximum absolute atomic E-state index is 12.4. The first kappa shape index (κ1) is 10.9. The fourth-order valence-corrected chi connectivity index (χ4v) is 1.53. The molecule has 0 bridgehead atoms. The molecule has 1 heterocycles. The summed E-state index contributed by atoms with van der Waals surface area (Å²) in [7, 11) is 0. The molecule has 0 saturated heterocycles. The lowest BCUT2D eigenvalue weighted by molar-refractivity contribution is -0.137. The largest absolute Gasteiger partial charge is 0.416 e. The fourth-order valence-electron chi connectivity index (χ4n) is 1.53. The lowest BCUT2D eigenvalue weighted by Crippen LogP contribution is -2.17. The molecular weight excluding hydrogens is 219 g/mol. The first-order chi connectivity index (χ1) is 7.39. The van der Waals surface area contributed by atoms with Crippen molar-refractivity contribution >= 4 is 17.7 Å². The molecule has 0 fully saturated rings. The topological polar surface area (TPSA) is 29.4 Å². The summed E-state index contributed by atoms with van der Waals surface area (Å²) in [4.78, 5) is 15.5. The van der Waals surface area contributed by atoms with E-state index in [1.54, 1.807) is 6.92 Å². The van der Waals surface area contributed by atoms with Crippen LogP contribution >= 0.6 is 0 Å². The second-order valence-electron chi connectivity index (χ2n) is 3.66. The quantitative estimate of drug-likeness (QED) is 0.669. The predicted octanol–water partition coefficient (Wildman–Crippen LogP) is 3.24. The number of benzene rings is 1. The van der Waals surface area contributed by atoms with Crippen LogP contribution < -0.4 is 0 Å². The minimum atomic E-state index is -4.41. The number of carbonyl (C=O) groups excluding carboxylic acids is 1. The summed E-state index contributed by atoms with van der Waals surface area (Å²) >= 11 is 0. The van der Waals surface area contributed by atoms with E-state index in [1.165, 1.54) is 12.3 Å². The first-order valence-electron chi connectivity index (χ1n) is 4.69. The van der Waals surface area contributed by atoms with Gasteiger partial charge < -0.3 is 0 Å². The Hall–Kier alpha value is -1.65. The van der Waals surface area contributed by atoms with Gasteiger partial charge in [-0.2, -0.15) is 13.2 Å². The maximum atomic E-state index is 12.4. The van der Waals surface area contributed by atoms with Crippen LogP contribution in [-0.4, -0.2) is 12.0 Å². The summed E-state index contributed by atoms with van der Waals surface area (Å²) in [5.74, 6) is -0.567. The molecule has 2 rings (SSSR count). The van der Waals surface area contributed by atoms with Gasteiger partial charge in [0.15, 0.2) is 5.78 Å². The zero-order valence-electron chi connectivity index (χ0n) is 8.38. The summed E-state index contributed by atoms with van der Waals surface area (Å²) in [6.45, 7) is 1.66. The average molecular weight is 227 g/mol. The van der Waals surface area contributed by atoms with Gasteiger partial charge in [-0.05, 0) is 18.2 Å². The average Bonchev–Trinajstić information content (AvgIpc) is 2.22. The molecule has 5 heteroatoms. The monoisotopic (exact) mass is 227 g/mol. The number of hydrogen-bond donors (Lipinski definition) is 0. The Morgan fingerprint density at radius 3 is 2.62 bits per heavy atom. The van der Waals surface area contributed by atoms with E-state index in [1.807, 2.05) is 0 Å². The standard InChI is InChI=1S/C11H8F3NO/c1-6-5-15-9-4-7(11(12,13)14)2-3-8(9)10(6)16/h2-6H,1H3. The molecule has 1 atom stereocenters. The first-order valence-corrected chi connectivity index (χ1v) is 4.69. The highest BCUT2D eigenvalue weighted by atomic mass is 19.4. The van der Waals surface area contributed by atoms with Crippen molar-refractivity contribution in [2.24, 2.45) is 10.9 Å². The number of nitrogens with zero attached hydrogens (tertiary/aromatic N) is 1. The second-order valence-corrected chi connectivity index (χ2v) is 3.66. The molecule has 1 unspecified atom stereocenters. The molecule has 0 radical (unpaired) electrons. The van der Waals surface area contributed by atoms with Gasteiger partial charge in [0.2, 0.25) is 0 Å². The van der Waals surface area contributed by atoms with Crippen molar-refractivity contribution in [2.45, 2.75) is 13.1 Å². The summed E-state index contributed by atoms with van der Waals surface area (Å²) in [6, 6.07) is 2.99. The summed E-state index contributed by atoms with van der Waals surface area (Å²) < 4.78 is 37.2. The third-order valence-electron chi connectivity index (χ3n) is 2.44. The molecule has 1 aliphatic rings. The molecule has 0 saturated carbocycles. The second kappa shape index (κ2) is 3.43. The van der Waals surface area contributed by atoms with Gasteiger partial charge in [0.25, 0.3) is 0 Å². The Balaban J connectivity index is 2.52. The van der Waals surface area contributed by atoms with Gasteiger partial charge >= 0.3 is 6.18 Å². The van der Waals surface area contributed by atoms with E-state index < -0.39 is 11.7 Å². The molecule has 1 aromatic rings. The third kappa shape index (κ3) is 1.73. The van der Waals surface area contributed by atoms with E-state index >= 15 is 0 Å². The van der Waals surface area contributed by atoms with Crippen molar-refractivity contribution in [1.82, 2.24) is 0 Å². The smallest absolute Gasteiger partial charge is 0.293 e. The Morgan fingerprint density at radius 2 is 2.00 bits per heavy atom. The number of rotatable bonds is 0. The van der Waals surface area contributed by atoms with E-state index in [4.69, 9.17) is 0 Å². The number of halogens is 3. The van der Waals surface area contributed by atoms with E-state index in [-0.39, 0.29) is 23.0 Å². The van der Waals surface area contributed by atoms with Crippen LogP contribution in [0.4, 0.5) is 18.9 Å². The highest BCUT2D eigenvalue weighted by Crippen LogP contribution is 2.35. The third-order valence-corrected chi connectivity index (χ3v) is 2.44. The predicted molar refractivity (Wildman–Crippen MR) is 53.1 cm³/mol. The van der Waals surface area contributed by atoms with Crippen LogP contribution in [0.25, 0.3) is 0 Å². The molecule has 0 amide bonds. The van der Waals surface area contributed by atoms with Gasteiger partial charge in [-0.15, -0.1) is 0 Å². The van der Waals surface area contributed by atoms with Crippen molar-refractivity contribution in [3.63, 3.8) is 0 Å². The molecular formula is C11H8F3NO. The van der Waals surface area contributed by atoms with Crippen molar-refractivity contribution in [2.75, 3.05) is 0 Å². The number of carbonyl (C=O) groups is 1. The van der Waals surface area contributed by atoms with Crippen LogP contribution in [0.2, 0.25) is 0 Å². The molecule has 2 nitrogen and oxygen atoms in total. The van der Waals surface area contributed by atoms with E-state index in [0.717, 1.165) is 12.1 Å². The van der Waals surface area contributed by atoms with E-state index in [0.29, 0.717) is 0 Å². The Kier molecular flexibility index (Phi) is 2.33. The Morgan fingerprint density at radius 1 is 1.31 bits per heavy atom. The highest BCUT2D eigenvalue weighted by molar-refractivity contribution is 6.11. The molecule has 0 aliphatic carbocycles. The van der Waals surface area contributed by atoms with Gasteiger partial charge in [0.1, 0.15) is 0 Å². The molecule has 84 valence electrons. The zero-order chi connectivity index (χ0) is 11.9. The Labute approximate surface area is 89.8 Å². The van der Waals surface area contributed by atoms with Crippen molar-refractivity contribution < 1.29 is 18.0 Å². The van der Waals surface area contributed by atoms with Crippen LogP contribution in [0.15, 0.2) is 23.2 Å². The van der Waals surface area contributed by atoms with Gasteiger partial charge in [0.05, 0.1) is 17.2 Å². The van der Waals surface area contributed by atoms with Crippen molar-refractivity contribution in [3.05, 3.63) is 29.3 Å². The van der Waals surface area contributed by atoms with Crippen LogP contribution in [-0.2, 0) is 6.18 Å². The number of aliphatic imine (C=N–C) groups is 1. The van der Waals surface area contributed by atoms with E-state index in [2.05, 4.69) is 4.99 Å². The lowest BCUT2D eigenvalue weighted by Gasteiger charge is -2.15. The van der Waals surface area contributed by atoms with Crippen molar-refractivity contribution in [3.8, 4) is 0 Å². The molecule has 0 aromatic heterocycles. The Bertz CT molecular complexity index is 477. The molecule has 0 N–H and O–H groups in total. The van der Waals surface area contributed by atoms with Gasteiger partial charge in [-0.1, -0.05) is 6.92 Å². The number of fused-ring (bicyclic) bond motifs is 1. The van der Waals surface area contributed by atoms with Crippen LogP contribution in [0.5, 0.6) is 0 Å². The summed E-state index contributed by atoms with van der Waals surface area (Å²) in [5.41, 5.74) is -0.438. The van der Waals surface area contributed by atoms with Crippen LogP contribution in [0.1, 0.15) is 22.8 Å². The number of hydrogen-bond acceptors (Lipinski definition) is 2. The number of Topliss-reactive ketones (excluding diaryl/α,β-unsaturated/α-hetero) is 1. The SMILES string of the molecule is CC1C=Nc2cc(C(F)(F)F)ccc2C1=O. The zero-order valence-corrected chi connectivity index (χ0v) is 8.38. The number of ketones is 1. The fraction of sp³-hybridized carbons (Fsp3) is 0.273. The normalized spacial score (nSPS) is 19.8. The molecule has 1 aromatic carbocycles. The molecule has 1 aliphatic heterocycles. The highest BCUT2D eigenvalue weighted by Gasteiger charge is 2.32. The molecule has 16 heavy (non-hydrogen) atoms. The van der Waals surface area contributed by atoms with Gasteiger partial charge in [0, 0.05) is 11.8 Å². The number of alkyl halides is 3. The van der Waals surface area contributed by atoms with Crippen LogP contribution in [0.3, 0.4) is 0 Å². The maximum Gasteiger partial charge on any atom is 0.416 e.